The van der Waals surface area contributed by atoms with E-state index in [0.29, 0.717) is 22.8 Å². The molecule has 3 nitrogen and oxygen atoms in total. The highest BCUT2D eigenvalue weighted by atomic mass is 32.1. The molecular formula is C10H12O3S. The van der Waals surface area contributed by atoms with Crippen LogP contribution in [0, 0.1) is 0 Å². The molecule has 0 saturated carbocycles. The third-order valence-electron chi connectivity index (χ3n) is 1.67. The fourth-order valence-electron chi connectivity index (χ4n) is 1.07. The number of ether oxygens (including phenoxy) is 2. The van der Waals surface area contributed by atoms with Gasteiger partial charge < -0.3 is 9.47 Å². The summed E-state index contributed by atoms with van der Waals surface area (Å²) in [6.07, 6.45) is 0. The van der Waals surface area contributed by atoms with E-state index in [2.05, 4.69) is 17.4 Å². The zero-order valence-electron chi connectivity index (χ0n) is 8.11. The summed E-state index contributed by atoms with van der Waals surface area (Å²) in [7, 11) is 1.34. The fraction of sp³-hybridized carbons (Fsp3) is 0.300. The first kappa shape index (κ1) is 10.9. The lowest BCUT2D eigenvalue weighted by molar-refractivity contribution is 0.0596. The van der Waals surface area contributed by atoms with Crippen LogP contribution >= 0.6 is 12.6 Å². The number of hydrogen-bond acceptors (Lipinski definition) is 4. The predicted octanol–water partition coefficient (Wildman–Crippen LogP) is 2.16. The van der Waals surface area contributed by atoms with Crippen LogP contribution in [-0.4, -0.2) is 19.7 Å². The maximum Gasteiger partial charge on any atom is 0.341 e. The third kappa shape index (κ3) is 2.42. The van der Waals surface area contributed by atoms with Gasteiger partial charge >= 0.3 is 5.97 Å². The van der Waals surface area contributed by atoms with Gasteiger partial charge in [0, 0.05) is 4.90 Å². The summed E-state index contributed by atoms with van der Waals surface area (Å²) in [6, 6.07) is 5.10. The highest BCUT2D eigenvalue weighted by Gasteiger charge is 2.12. The maximum absolute atomic E-state index is 11.3. The molecule has 0 atom stereocenters. The monoisotopic (exact) mass is 212 g/mol. The molecule has 0 aliphatic heterocycles. The lowest BCUT2D eigenvalue weighted by Gasteiger charge is -2.08. The van der Waals surface area contributed by atoms with Crippen LogP contribution in [0.15, 0.2) is 23.1 Å². The Balaban J connectivity index is 3.08. The van der Waals surface area contributed by atoms with Crippen LogP contribution in [-0.2, 0) is 4.74 Å². The molecule has 0 heterocycles. The molecule has 0 bridgehead atoms. The van der Waals surface area contributed by atoms with Crippen LogP contribution in [0.3, 0.4) is 0 Å². The average molecular weight is 212 g/mol. The highest BCUT2D eigenvalue weighted by molar-refractivity contribution is 7.80. The van der Waals surface area contributed by atoms with E-state index in [-0.39, 0.29) is 0 Å². The number of thiol groups is 1. The Morgan fingerprint density at radius 3 is 2.79 bits per heavy atom. The Morgan fingerprint density at radius 1 is 1.50 bits per heavy atom. The second kappa shape index (κ2) is 4.91. The molecule has 0 aliphatic carbocycles. The molecule has 0 spiro atoms. The molecule has 0 aliphatic rings. The van der Waals surface area contributed by atoms with Gasteiger partial charge in [0.1, 0.15) is 11.3 Å². The van der Waals surface area contributed by atoms with Gasteiger partial charge in [0.05, 0.1) is 13.7 Å². The van der Waals surface area contributed by atoms with Crippen LogP contribution < -0.4 is 4.74 Å². The summed E-state index contributed by atoms with van der Waals surface area (Å²) in [5.74, 6) is 0.113. The number of hydrogen-bond donors (Lipinski definition) is 1. The summed E-state index contributed by atoms with van der Waals surface area (Å²) in [4.78, 5) is 12.0. The SMILES string of the molecule is CCOc1ccc(S)cc1C(=O)OC. The molecule has 0 aromatic heterocycles. The second-order valence-electron chi connectivity index (χ2n) is 2.61. The van der Waals surface area contributed by atoms with Gasteiger partial charge in [0.2, 0.25) is 0 Å². The Morgan fingerprint density at radius 2 is 2.21 bits per heavy atom. The van der Waals surface area contributed by atoms with Crippen molar-refractivity contribution in [1.29, 1.82) is 0 Å². The van der Waals surface area contributed by atoms with E-state index in [1.54, 1.807) is 18.2 Å². The second-order valence-corrected chi connectivity index (χ2v) is 3.12. The van der Waals surface area contributed by atoms with Gasteiger partial charge in [0.25, 0.3) is 0 Å². The van der Waals surface area contributed by atoms with Crippen molar-refractivity contribution in [1.82, 2.24) is 0 Å². The number of rotatable bonds is 3. The van der Waals surface area contributed by atoms with Gasteiger partial charge in [-0.15, -0.1) is 12.6 Å². The van der Waals surface area contributed by atoms with Gasteiger partial charge in [-0.2, -0.15) is 0 Å². The number of methoxy groups -OCH3 is 1. The lowest BCUT2D eigenvalue weighted by atomic mass is 10.2. The number of carbonyl (C=O) groups is 1. The largest absolute Gasteiger partial charge is 0.493 e. The van der Waals surface area contributed by atoms with Gasteiger partial charge in [-0.3, -0.25) is 0 Å². The maximum atomic E-state index is 11.3. The van der Waals surface area contributed by atoms with Crippen molar-refractivity contribution in [3.63, 3.8) is 0 Å². The Labute approximate surface area is 88.4 Å². The van der Waals surface area contributed by atoms with E-state index in [1.165, 1.54) is 7.11 Å². The molecule has 1 aromatic rings. The van der Waals surface area contributed by atoms with Crippen molar-refractivity contribution in [3.8, 4) is 5.75 Å². The number of benzene rings is 1. The molecule has 1 rings (SSSR count). The summed E-state index contributed by atoms with van der Waals surface area (Å²) < 4.78 is 9.91. The summed E-state index contributed by atoms with van der Waals surface area (Å²) in [5, 5.41) is 0. The van der Waals surface area contributed by atoms with Crippen molar-refractivity contribution in [2.24, 2.45) is 0 Å². The molecule has 0 radical (unpaired) electrons. The minimum atomic E-state index is -0.413. The normalized spacial score (nSPS) is 9.64. The molecule has 14 heavy (non-hydrogen) atoms. The minimum absolute atomic E-state index is 0.404. The summed E-state index contributed by atoms with van der Waals surface area (Å²) in [6.45, 7) is 2.37. The summed E-state index contributed by atoms with van der Waals surface area (Å²) in [5.41, 5.74) is 0.404. The minimum Gasteiger partial charge on any atom is -0.493 e. The topological polar surface area (TPSA) is 35.5 Å². The zero-order chi connectivity index (χ0) is 10.6. The smallest absolute Gasteiger partial charge is 0.341 e. The average Bonchev–Trinajstić information content (AvgIpc) is 2.20. The number of carbonyl (C=O) groups excluding carboxylic acids is 1. The Bertz CT molecular complexity index is 336. The van der Waals surface area contributed by atoms with Crippen molar-refractivity contribution in [2.75, 3.05) is 13.7 Å². The Kier molecular flexibility index (Phi) is 3.83. The first-order chi connectivity index (χ1) is 6.69. The standard InChI is InChI=1S/C10H12O3S/c1-3-13-9-5-4-7(14)6-8(9)10(11)12-2/h4-6,14H,3H2,1-2H3. The van der Waals surface area contributed by atoms with E-state index in [4.69, 9.17) is 4.74 Å². The van der Waals surface area contributed by atoms with Crippen molar-refractivity contribution in [2.45, 2.75) is 11.8 Å². The molecule has 0 amide bonds. The van der Waals surface area contributed by atoms with Crippen molar-refractivity contribution in [3.05, 3.63) is 23.8 Å². The molecule has 0 fully saturated rings. The number of esters is 1. The highest BCUT2D eigenvalue weighted by Crippen LogP contribution is 2.22. The Hall–Kier alpha value is -1.16. The fourth-order valence-corrected chi connectivity index (χ4v) is 1.27. The van der Waals surface area contributed by atoms with Crippen molar-refractivity contribution >= 4 is 18.6 Å². The van der Waals surface area contributed by atoms with Gasteiger partial charge in [-0.1, -0.05) is 0 Å². The lowest BCUT2D eigenvalue weighted by Crippen LogP contribution is -2.05. The third-order valence-corrected chi connectivity index (χ3v) is 1.95. The molecule has 0 saturated heterocycles. The van der Waals surface area contributed by atoms with Crippen LogP contribution in [0.2, 0.25) is 0 Å². The van der Waals surface area contributed by atoms with Gasteiger partial charge in [-0.05, 0) is 25.1 Å². The van der Waals surface area contributed by atoms with Crippen LogP contribution in [0.4, 0.5) is 0 Å². The van der Waals surface area contributed by atoms with E-state index < -0.39 is 5.97 Å². The predicted molar refractivity (Wildman–Crippen MR) is 56.2 cm³/mol. The molecule has 0 N–H and O–H groups in total. The first-order valence-electron chi connectivity index (χ1n) is 4.23. The molecule has 0 unspecified atom stereocenters. The van der Waals surface area contributed by atoms with Crippen molar-refractivity contribution < 1.29 is 14.3 Å². The summed E-state index contributed by atoms with van der Waals surface area (Å²) >= 11 is 4.14. The first-order valence-corrected chi connectivity index (χ1v) is 4.68. The van der Waals surface area contributed by atoms with E-state index in [9.17, 15) is 4.79 Å². The molecule has 76 valence electrons. The van der Waals surface area contributed by atoms with E-state index in [0.717, 1.165) is 0 Å². The molecule has 1 aromatic carbocycles. The van der Waals surface area contributed by atoms with Crippen LogP contribution in [0.1, 0.15) is 17.3 Å². The van der Waals surface area contributed by atoms with Gasteiger partial charge in [0.15, 0.2) is 0 Å². The zero-order valence-corrected chi connectivity index (χ0v) is 9.01. The van der Waals surface area contributed by atoms with Crippen LogP contribution in [0.25, 0.3) is 0 Å². The van der Waals surface area contributed by atoms with E-state index >= 15 is 0 Å². The van der Waals surface area contributed by atoms with E-state index in [1.807, 2.05) is 6.92 Å². The molecule has 4 heteroatoms. The van der Waals surface area contributed by atoms with Crippen LogP contribution in [0.5, 0.6) is 5.75 Å². The quantitative estimate of drug-likeness (QED) is 0.616. The molecular weight excluding hydrogens is 200 g/mol. The van der Waals surface area contributed by atoms with Gasteiger partial charge in [-0.25, -0.2) is 4.79 Å².